The molecule has 0 N–H and O–H groups in total. The Labute approximate surface area is 85.9 Å². The van der Waals surface area contributed by atoms with Gasteiger partial charge in [-0.25, -0.2) is 0 Å². The van der Waals surface area contributed by atoms with E-state index in [0.717, 1.165) is 9.99 Å². The van der Waals surface area contributed by atoms with E-state index < -0.39 is 0 Å². The van der Waals surface area contributed by atoms with Gasteiger partial charge in [-0.15, -0.1) is 0 Å². The van der Waals surface area contributed by atoms with Crippen molar-refractivity contribution in [3.63, 3.8) is 0 Å². The highest BCUT2D eigenvalue weighted by atomic mass is 79.9. The van der Waals surface area contributed by atoms with Gasteiger partial charge in [0.05, 0.1) is 5.52 Å². The molecule has 2 rings (SSSR count). The summed E-state index contributed by atoms with van der Waals surface area (Å²) in [7, 11) is 0. The van der Waals surface area contributed by atoms with Crippen molar-refractivity contribution in [1.29, 1.82) is 0 Å². The maximum absolute atomic E-state index is 4.34. The molecule has 0 amide bonds. The fraction of sp³-hybridized carbons (Fsp3) is 0.182. The number of hydrogen-bond donors (Lipinski definition) is 0. The fourth-order valence-corrected chi connectivity index (χ4v) is 1.72. The summed E-state index contributed by atoms with van der Waals surface area (Å²) in [4.78, 5) is 4.34. The number of nitrogens with zero attached hydrogens (tertiary/aromatic N) is 1. The van der Waals surface area contributed by atoms with Crippen LogP contribution in [0.1, 0.15) is 11.1 Å². The molecule has 0 radical (unpaired) electrons. The Morgan fingerprint density at radius 2 is 1.77 bits per heavy atom. The second-order valence-corrected chi connectivity index (χ2v) is 4.20. The minimum atomic E-state index is 1.03. The third kappa shape index (κ3) is 1.59. The molecule has 66 valence electrons. The summed E-state index contributed by atoms with van der Waals surface area (Å²) in [5.41, 5.74) is 3.67. The maximum Gasteiger partial charge on any atom is 0.0705 e. The van der Waals surface area contributed by atoms with Crippen molar-refractivity contribution in [3.8, 4) is 0 Å². The van der Waals surface area contributed by atoms with E-state index in [-0.39, 0.29) is 0 Å². The molecule has 0 atom stereocenters. The lowest BCUT2D eigenvalue weighted by Crippen LogP contribution is -1.84. The highest BCUT2D eigenvalue weighted by Gasteiger charge is 1.98. The Morgan fingerprint density at radius 3 is 2.54 bits per heavy atom. The highest BCUT2D eigenvalue weighted by molar-refractivity contribution is 9.10. The number of pyridine rings is 1. The molecule has 0 fully saturated rings. The lowest BCUT2D eigenvalue weighted by molar-refractivity contribution is 1.32. The Kier molecular flexibility index (Phi) is 2.08. The molecule has 0 saturated heterocycles. The first-order valence-corrected chi connectivity index (χ1v) is 4.98. The van der Waals surface area contributed by atoms with Crippen molar-refractivity contribution in [3.05, 3.63) is 40.0 Å². The van der Waals surface area contributed by atoms with Crippen LogP contribution in [0.5, 0.6) is 0 Å². The number of benzene rings is 1. The molecule has 2 heteroatoms. The molecule has 13 heavy (non-hydrogen) atoms. The highest BCUT2D eigenvalue weighted by Crippen LogP contribution is 2.20. The molecular formula is C11H10BrN. The minimum Gasteiger partial charge on any atom is -0.255 e. The smallest absolute Gasteiger partial charge is 0.0705 e. The Hall–Kier alpha value is -0.890. The van der Waals surface area contributed by atoms with Gasteiger partial charge in [0.1, 0.15) is 0 Å². The van der Waals surface area contributed by atoms with Crippen LogP contribution < -0.4 is 0 Å². The second-order valence-electron chi connectivity index (χ2n) is 3.28. The fourth-order valence-electron chi connectivity index (χ4n) is 1.37. The van der Waals surface area contributed by atoms with E-state index in [4.69, 9.17) is 0 Å². The van der Waals surface area contributed by atoms with E-state index in [9.17, 15) is 0 Å². The average molecular weight is 236 g/mol. The van der Waals surface area contributed by atoms with Crippen LogP contribution in [-0.2, 0) is 0 Å². The van der Waals surface area contributed by atoms with Crippen LogP contribution in [0.15, 0.2) is 28.9 Å². The molecule has 0 aliphatic heterocycles. The topological polar surface area (TPSA) is 12.9 Å². The van der Waals surface area contributed by atoms with Gasteiger partial charge in [-0.05, 0) is 59.1 Å². The SMILES string of the molecule is Cc1cc2cc(Br)cnc2cc1C. The van der Waals surface area contributed by atoms with Crippen LogP contribution in [0.2, 0.25) is 0 Å². The standard InChI is InChI=1S/C11H10BrN/c1-7-3-9-5-10(12)6-13-11(9)4-8(7)2/h3-6H,1-2H3. The van der Waals surface area contributed by atoms with Crippen molar-refractivity contribution in [2.45, 2.75) is 13.8 Å². The van der Waals surface area contributed by atoms with Crippen LogP contribution in [0.3, 0.4) is 0 Å². The first kappa shape index (κ1) is 8.70. The summed E-state index contributed by atoms with van der Waals surface area (Å²) >= 11 is 3.41. The second kappa shape index (κ2) is 3.11. The lowest BCUT2D eigenvalue weighted by atomic mass is 10.1. The van der Waals surface area contributed by atoms with Crippen LogP contribution in [0.4, 0.5) is 0 Å². The van der Waals surface area contributed by atoms with Gasteiger partial charge in [0.15, 0.2) is 0 Å². The third-order valence-corrected chi connectivity index (χ3v) is 2.70. The Morgan fingerprint density at radius 1 is 1.08 bits per heavy atom. The molecule has 1 aromatic heterocycles. The minimum absolute atomic E-state index is 1.03. The summed E-state index contributed by atoms with van der Waals surface area (Å²) in [6, 6.07) is 6.38. The number of hydrogen-bond acceptors (Lipinski definition) is 1. The van der Waals surface area contributed by atoms with Crippen molar-refractivity contribution in [1.82, 2.24) is 4.98 Å². The van der Waals surface area contributed by atoms with E-state index in [0.29, 0.717) is 0 Å². The van der Waals surface area contributed by atoms with Crippen LogP contribution in [-0.4, -0.2) is 4.98 Å². The van der Waals surface area contributed by atoms with E-state index in [2.05, 4.69) is 53.0 Å². The van der Waals surface area contributed by atoms with Gasteiger partial charge in [-0.2, -0.15) is 0 Å². The predicted molar refractivity (Wildman–Crippen MR) is 58.9 cm³/mol. The van der Waals surface area contributed by atoms with Crippen molar-refractivity contribution in [2.24, 2.45) is 0 Å². The molecule has 1 aromatic carbocycles. The van der Waals surface area contributed by atoms with Gasteiger partial charge < -0.3 is 0 Å². The van der Waals surface area contributed by atoms with Crippen LogP contribution in [0, 0.1) is 13.8 Å². The monoisotopic (exact) mass is 235 g/mol. The first-order chi connectivity index (χ1) is 6.16. The molecule has 0 aliphatic rings. The molecular weight excluding hydrogens is 226 g/mol. The third-order valence-electron chi connectivity index (χ3n) is 2.26. The van der Waals surface area contributed by atoms with Crippen molar-refractivity contribution < 1.29 is 0 Å². The summed E-state index contributed by atoms with van der Waals surface area (Å²) in [6.45, 7) is 4.23. The average Bonchev–Trinajstić information content (AvgIpc) is 2.08. The van der Waals surface area contributed by atoms with Gasteiger partial charge in [0, 0.05) is 16.1 Å². The summed E-state index contributed by atoms with van der Waals surface area (Å²) < 4.78 is 1.03. The number of halogens is 1. The first-order valence-electron chi connectivity index (χ1n) is 4.19. The Balaban J connectivity index is 2.81. The van der Waals surface area contributed by atoms with E-state index in [1.54, 1.807) is 0 Å². The quantitative estimate of drug-likeness (QED) is 0.680. The molecule has 0 aliphatic carbocycles. The maximum atomic E-state index is 4.34. The summed E-state index contributed by atoms with van der Waals surface area (Å²) in [5, 5.41) is 1.19. The number of aromatic nitrogens is 1. The Bertz CT molecular complexity index is 463. The number of rotatable bonds is 0. The normalized spacial score (nSPS) is 10.7. The lowest BCUT2D eigenvalue weighted by Gasteiger charge is -2.02. The molecule has 1 heterocycles. The van der Waals surface area contributed by atoms with Gasteiger partial charge in [-0.1, -0.05) is 0 Å². The van der Waals surface area contributed by atoms with Gasteiger partial charge in [0.25, 0.3) is 0 Å². The zero-order valence-electron chi connectivity index (χ0n) is 7.63. The zero-order valence-corrected chi connectivity index (χ0v) is 9.22. The predicted octanol–water partition coefficient (Wildman–Crippen LogP) is 3.61. The van der Waals surface area contributed by atoms with Gasteiger partial charge >= 0.3 is 0 Å². The number of aryl methyl sites for hydroxylation is 2. The summed E-state index contributed by atoms with van der Waals surface area (Å²) in [5.74, 6) is 0. The van der Waals surface area contributed by atoms with Gasteiger partial charge in [0.2, 0.25) is 0 Å². The van der Waals surface area contributed by atoms with Crippen molar-refractivity contribution in [2.75, 3.05) is 0 Å². The van der Waals surface area contributed by atoms with Crippen molar-refractivity contribution >= 4 is 26.8 Å². The van der Waals surface area contributed by atoms with Gasteiger partial charge in [-0.3, -0.25) is 4.98 Å². The van der Waals surface area contributed by atoms with Crippen LogP contribution >= 0.6 is 15.9 Å². The molecule has 0 spiro atoms. The summed E-state index contributed by atoms with van der Waals surface area (Å²) in [6.07, 6.45) is 1.83. The van der Waals surface area contributed by atoms with Crippen LogP contribution in [0.25, 0.3) is 10.9 Å². The van der Waals surface area contributed by atoms with E-state index in [1.807, 2.05) is 6.20 Å². The molecule has 1 nitrogen and oxygen atoms in total. The zero-order chi connectivity index (χ0) is 9.42. The molecule has 0 unspecified atom stereocenters. The van der Waals surface area contributed by atoms with E-state index in [1.165, 1.54) is 16.5 Å². The number of fused-ring (bicyclic) bond motifs is 1. The molecule has 0 saturated carbocycles. The molecule has 0 bridgehead atoms. The molecule has 2 aromatic rings. The van der Waals surface area contributed by atoms with E-state index >= 15 is 0 Å². The largest absolute Gasteiger partial charge is 0.255 e.